The Morgan fingerprint density at radius 1 is 1.15 bits per heavy atom. The first-order valence-electron chi connectivity index (χ1n) is 6.16. The number of hydrogen-bond acceptors (Lipinski definition) is 5. The van der Waals surface area contributed by atoms with Crippen LogP contribution in [-0.2, 0) is 7.05 Å². The van der Waals surface area contributed by atoms with E-state index >= 15 is 0 Å². The molecule has 0 spiro atoms. The number of aromatic nitrogens is 4. The molecule has 0 amide bonds. The van der Waals surface area contributed by atoms with Crippen molar-refractivity contribution < 1.29 is 0 Å². The number of nitrogens with zero attached hydrogens (tertiary/aromatic N) is 4. The third kappa shape index (κ3) is 2.44. The Morgan fingerprint density at radius 2 is 1.95 bits per heavy atom. The average Bonchev–Trinajstić information content (AvgIpc) is 2.86. The Morgan fingerprint density at radius 3 is 2.60 bits per heavy atom. The van der Waals surface area contributed by atoms with Crippen LogP contribution in [0.2, 0.25) is 0 Å². The number of nitrogen functional groups attached to an aromatic ring is 1. The highest BCUT2D eigenvalue weighted by atomic mass is 15.2. The minimum absolute atomic E-state index is 0.423. The molecule has 0 aliphatic rings. The lowest BCUT2D eigenvalue weighted by atomic mass is 10.2. The Bertz CT molecular complexity index is 720. The Balaban J connectivity index is 1.88. The summed E-state index contributed by atoms with van der Waals surface area (Å²) in [6.45, 7) is 0. The maximum absolute atomic E-state index is 5.99. The van der Waals surface area contributed by atoms with Crippen molar-refractivity contribution in [1.29, 1.82) is 0 Å². The lowest BCUT2D eigenvalue weighted by Gasteiger charge is -2.07. The highest BCUT2D eigenvalue weighted by Crippen LogP contribution is 2.24. The summed E-state index contributed by atoms with van der Waals surface area (Å²) < 4.78 is 1.71. The van der Waals surface area contributed by atoms with Crippen LogP contribution in [0.3, 0.4) is 0 Å². The fourth-order valence-corrected chi connectivity index (χ4v) is 1.89. The number of benzene rings is 1. The van der Waals surface area contributed by atoms with Gasteiger partial charge in [0.05, 0.1) is 6.20 Å². The van der Waals surface area contributed by atoms with Crippen LogP contribution in [0.5, 0.6) is 0 Å². The lowest BCUT2D eigenvalue weighted by Crippen LogP contribution is -2.01. The van der Waals surface area contributed by atoms with E-state index in [9.17, 15) is 0 Å². The Labute approximate surface area is 116 Å². The summed E-state index contributed by atoms with van der Waals surface area (Å²) in [5.74, 6) is 0.896. The van der Waals surface area contributed by atoms with Gasteiger partial charge in [-0.15, -0.1) is 0 Å². The van der Waals surface area contributed by atoms with Gasteiger partial charge in [0.15, 0.2) is 0 Å². The summed E-state index contributed by atoms with van der Waals surface area (Å²) >= 11 is 0. The van der Waals surface area contributed by atoms with Gasteiger partial charge in [0, 0.05) is 36.3 Å². The monoisotopic (exact) mass is 266 g/mol. The summed E-state index contributed by atoms with van der Waals surface area (Å²) in [6, 6.07) is 9.71. The van der Waals surface area contributed by atoms with E-state index in [1.807, 2.05) is 43.6 Å². The smallest absolute Gasteiger partial charge is 0.229 e. The van der Waals surface area contributed by atoms with Crippen LogP contribution in [0, 0.1) is 0 Å². The molecule has 2 aromatic heterocycles. The first-order chi connectivity index (χ1) is 9.72. The van der Waals surface area contributed by atoms with Crippen molar-refractivity contribution in [3.8, 4) is 11.1 Å². The van der Waals surface area contributed by atoms with Crippen molar-refractivity contribution >= 4 is 17.5 Å². The molecule has 3 N–H and O–H groups in total. The van der Waals surface area contributed by atoms with E-state index in [1.54, 1.807) is 17.1 Å². The molecule has 0 unspecified atom stereocenters. The van der Waals surface area contributed by atoms with Gasteiger partial charge in [-0.25, -0.2) is 4.98 Å². The number of nitrogens with one attached hydrogen (secondary N) is 1. The van der Waals surface area contributed by atoms with E-state index in [4.69, 9.17) is 5.73 Å². The largest absolute Gasteiger partial charge is 0.383 e. The molecule has 6 nitrogen and oxygen atoms in total. The number of para-hydroxylation sites is 1. The second-order valence-corrected chi connectivity index (χ2v) is 4.39. The summed E-state index contributed by atoms with van der Waals surface area (Å²) in [5.41, 5.74) is 8.58. The van der Waals surface area contributed by atoms with E-state index in [0.717, 1.165) is 16.8 Å². The van der Waals surface area contributed by atoms with Gasteiger partial charge < -0.3 is 11.1 Å². The molecule has 0 aliphatic carbocycles. The van der Waals surface area contributed by atoms with E-state index in [1.165, 1.54) is 0 Å². The van der Waals surface area contributed by atoms with Gasteiger partial charge in [-0.05, 0) is 12.1 Å². The predicted octanol–water partition coefficient (Wildman–Crippen LogP) is 2.20. The van der Waals surface area contributed by atoms with Crippen LogP contribution < -0.4 is 11.1 Å². The number of hydrogen-bond donors (Lipinski definition) is 2. The second-order valence-electron chi connectivity index (χ2n) is 4.39. The zero-order valence-electron chi connectivity index (χ0n) is 11.0. The molecule has 100 valence electrons. The summed E-state index contributed by atoms with van der Waals surface area (Å²) in [4.78, 5) is 8.55. The molecule has 2 heterocycles. The van der Waals surface area contributed by atoms with Gasteiger partial charge in [0.25, 0.3) is 0 Å². The zero-order valence-corrected chi connectivity index (χ0v) is 11.0. The van der Waals surface area contributed by atoms with Gasteiger partial charge in [0.1, 0.15) is 5.82 Å². The van der Waals surface area contributed by atoms with Crippen molar-refractivity contribution in [3.05, 3.63) is 48.9 Å². The van der Waals surface area contributed by atoms with E-state index in [2.05, 4.69) is 20.4 Å². The molecule has 0 atom stereocenters. The Hall–Kier alpha value is -2.89. The first-order valence-corrected chi connectivity index (χ1v) is 6.16. The minimum Gasteiger partial charge on any atom is -0.383 e. The third-order valence-electron chi connectivity index (χ3n) is 2.86. The number of nitrogens with two attached hydrogens (primary N) is 1. The molecule has 6 heteroatoms. The SMILES string of the molecule is Cn1cc(-c2cnc(Nc3ccccc3)nc2N)cn1. The molecular weight excluding hydrogens is 252 g/mol. The molecule has 0 radical (unpaired) electrons. The van der Waals surface area contributed by atoms with Crippen LogP contribution in [-0.4, -0.2) is 19.7 Å². The first kappa shape index (κ1) is 12.2. The fourth-order valence-electron chi connectivity index (χ4n) is 1.89. The fraction of sp³-hybridized carbons (Fsp3) is 0.0714. The predicted molar refractivity (Wildman–Crippen MR) is 78.4 cm³/mol. The summed E-state index contributed by atoms with van der Waals surface area (Å²) in [6.07, 6.45) is 5.31. The van der Waals surface area contributed by atoms with Crippen LogP contribution in [0.15, 0.2) is 48.9 Å². The lowest BCUT2D eigenvalue weighted by molar-refractivity contribution is 0.768. The van der Waals surface area contributed by atoms with Crippen molar-refractivity contribution in [2.45, 2.75) is 0 Å². The van der Waals surface area contributed by atoms with Crippen LogP contribution >= 0.6 is 0 Å². The number of rotatable bonds is 3. The van der Waals surface area contributed by atoms with Gasteiger partial charge in [-0.3, -0.25) is 4.68 Å². The Kier molecular flexibility index (Phi) is 3.04. The van der Waals surface area contributed by atoms with Crippen molar-refractivity contribution in [2.24, 2.45) is 7.05 Å². The number of anilines is 3. The quantitative estimate of drug-likeness (QED) is 0.759. The molecule has 1 aromatic carbocycles. The maximum Gasteiger partial charge on any atom is 0.229 e. The van der Waals surface area contributed by atoms with E-state index in [0.29, 0.717) is 11.8 Å². The van der Waals surface area contributed by atoms with E-state index in [-0.39, 0.29) is 0 Å². The molecule has 0 saturated heterocycles. The molecule has 3 aromatic rings. The van der Waals surface area contributed by atoms with Crippen molar-refractivity contribution in [1.82, 2.24) is 19.7 Å². The van der Waals surface area contributed by atoms with Gasteiger partial charge in [-0.2, -0.15) is 10.1 Å². The highest BCUT2D eigenvalue weighted by Gasteiger charge is 2.08. The van der Waals surface area contributed by atoms with Gasteiger partial charge >= 0.3 is 0 Å². The molecule has 3 rings (SSSR count). The molecule has 20 heavy (non-hydrogen) atoms. The topological polar surface area (TPSA) is 81.7 Å². The van der Waals surface area contributed by atoms with Crippen molar-refractivity contribution in [3.63, 3.8) is 0 Å². The van der Waals surface area contributed by atoms with Crippen LogP contribution in [0.4, 0.5) is 17.5 Å². The zero-order chi connectivity index (χ0) is 13.9. The van der Waals surface area contributed by atoms with Gasteiger partial charge in [-0.1, -0.05) is 18.2 Å². The normalized spacial score (nSPS) is 10.4. The summed E-state index contributed by atoms with van der Waals surface area (Å²) in [7, 11) is 1.85. The maximum atomic E-state index is 5.99. The third-order valence-corrected chi connectivity index (χ3v) is 2.86. The molecule has 0 bridgehead atoms. The average molecular weight is 266 g/mol. The van der Waals surface area contributed by atoms with E-state index < -0.39 is 0 Å². The van der Waals surface area contributed by atoms with Gasteiger partial charge in [0.2, 0.25) is 5.95 Å². The van der Waals surface area contributed by atoms with Crippen LogP contribution in [0.1, 0.15) is 0 Å². The minimum atomic E-state index is 0.423. The highest BCUT2D eigenvalue weighted by molar-refractivity contribution is 5.73. The molecule has 0 aliphatic heterocycles. The number of aryl methyl sites for hydroxylation is 1. The standard InChI is InChI=1S/C14H14N6/c1-20-9-10(7-17-20)12-8-16-14(19-13(12)15)18-11-5-3-2-4-6-11/h2-9H,1H3,(H3,15,16,18,19). The second kappa shape index (κ2) is 5.00. The van der Waals surface area contributed by atoms with Crippen molar-refractivity contribution in [2.75, 3.05) is 11.1 Å². The van der Waals surface area contributed by atoms with Crippen LogP contribution in [0.25, 0.3) is 11.1 Å². The molecule has 0 saturated carbocycles. The summed E-state index contributed by atoms with van der Waals surface area (Å²) in [5, 5.41) is 7.22. The molecular formula is C14H14N6. The molecule has 0 fully saturated rings.